The van der Waals surface area contributed by atoms with Gasteiger partial charge in [-0.05, 0) is 50.6 Å². The molecule has 0 aliphatic carbocycles. The zero-order valence-electron chi connectivity index (χ0n) is 11.0. The van der Waals surface area contributed by atoms with Gasteiger partial charge in [0.25, 0.3) is 0 Å². The third-order valence-corrected chi connectivity index (χ3v) is 2.43. The number of ketones is 1. The summed E-state index contributed by atoms with van der Waals surface area (Å²) in [5.41, 5.74) is 2.96. The molecule has 0 spiro atoms. The molecule has 0 bridgehead atoms. The summed E-state index contributed by atoms with van der Waals surface area (Å²) in [5, 5.41) is 3.26. The van der Waals surface area contributed by atoms with Gasteiger partial charge in [0.2, 0.25) is 0 Å². The highest BCUT2D eigenvalue weighted by molar-refractivity contribution is 5.90. The molecule has 0 fully saturated rings. The van der Waals surface area contributed by atoms with E-state index in [1.807, 2.05) is 38.1 Å². The van der Waals surface area contributed by atoms with Crippen LogP contribution in [0.3, 0.4) is 0 Å². The van der Waals surface area contributed by atoms with Crippen molar-refractivity contribution in [3.8, 4) is 12.3 Å². The monoisotopic (exact) mass is 241 g/mol. The number of rotatable bonds is 6. The highest BCUT2D eigenvalue weighted by Crippen LogP contribution is 2.09. The molecule has 0 atom stereocenters. The van der Waals surface area contributed by atoms with Crippen LogP contribution in [0.5, 0.6) is 0 Å². The summed E-state index contributed by atoms with van der Waals surface area (Å²) >= 11 is 0. The fourth-order valence-electron chi connectivity index (χ4n) is 1.57. The second kappa shape index (κ2) is 7.34. The maximum atomic E-state index is 11.4. The van der Waals surface area contributed by atoms with Crippen molar-refractivity contribution >= 4 is 11.5 Å². The Kier molecular flexibility index (Phi) is 5.73. The lowest BCUT2D eigenvalue weighted by atomic mass is 10.1. The van der Waals surface area contributed by atoms with E-state index in [0.29, 0.717) is 6.42 Å². The van der Waals surface area contributed by atoms with E-state index in [4.69, 9.17) is 6.42 Å². The molecule has 0 aromatic heterocycles. The second-order valence-electron chi connectivity index (χ2n) is 4.44. The molecule has 1 aromatic rings. The highest BCUT2D eigenvalue weighted by Gasteiger charge is 1.97. The Labute approximate surface area is 109 Å². The molecule has 0 aliphatic heterocycles. The SMILES string of the molecule is C#Cc1ccc(NCCCC(=O)C=C(C)C)cc1. The van der Waals surface area contributed by atoms with Crippen LogP contribution in [-0.2, 0) is 4.79 Å². The summed E-state index contributed by atoms with van der Waals surface area (Å²) in [7, 11) is 0. The second-order valence-corrected chi connectivity index (χ2v) is 4.44. The molecular weight excluding hydrogens is 222 g/mol. The Balaban J connectivity index is 2.28. The topological polar surface area (TPSA) is 29.1 Å². The predicted molar refractivity (Wildman–Crippen MR) is 76.5 cm³/mol. The van der Waals surface area contributed by atoms with Crippen LogP contribution in [0, 0.1) is 12.3 Å². The van der Waals surface area contributed by atoms with Crippen molar-refractivity contribution in [1.82, 2.24) is 0 Å². The molecule has 2 nitrogen and oxygen atoms in total. The molecule has 0 heterocycles. The van der Waals surface area contributed by atoms with E-state index in [-0.39, 0.29) is 5.78 Å². The van der Waals surface area contributed by atoms with Crippen LogP contribution in [0.15, 0.2) is 35.9 Å². The van der Waals surface area contributed by atoms with E-state index in [1.54, 1.807) is 6.08 Å². The summed E-state index contributed by atoms with van der Waals surface area (Å²) < 4.78 is 0. The van der Waals surface area contributed by atoms with Crippen molar-refractivity contribution in [2.45, 2.75) is 26.7 Å². The fraction of sp³-hybridized carbons (Fsp3) is 0.312. The van der Waals surface area contributed by atoms with Crippen molar-refractivity contribution < 1.29 is 4.79 Å². The number of carbonyl (C=O) groups is 1. The van der Waals surface area contributed by atoms with Gasteiger partial charge in [-0.15, -0.1) is 6.42 Å². The van der Waals surface area contributed by atoms with Gasteiger partial charge in [-0.1, -0.05) is 11.5 Å². The van der Waals surface area contributed by atoms with Gasteiger partial charge in [0.1, 0.15) is 0 Å². The molecule has 0 radical (unpaired) electrons. The van der Waals surface area contributed by atoms with Gasteiger partial charge in [-0.3, -0.25) is 4.79 Å². The molecule has 0 amide bonds. The first-order valence-corrected chi connectivity index (χ1v) is 6.10. The molecular formula is C16H19NO. The van der Waals surface area contributed by atoms with Crippen molar-refractivity contribution in [3.63, 3.8) is 0 Å². The summed E-state index contributed by atoms with van der Waals surface area (Å²) in [5.74, 6) is 2.77. The Morgan fingerprint density at radius 3 is 2.56 bits per heavy atom. The van der Waals surface area contributed by atoms with E-state index < -0.39 is 0 Å². The minimum absolute atomic E-state index is 0.194. The van der Waals surface area contributed by atoms with E-state index in [2.05, 4.69) is 11.2 Å². The minimum Gasteiger partial charge on any atom is -0.385 e. The average Bonchev–Trinajstić information content (AvgIpc) is 2.34. The van der Waals surface area contributed by atoms with E-state index in [9.17, 15) is 4.79 Å². The molecule has 0 unspecified atom stereocenters. The molecule has 18 heavy (non-hydrogen) atoms. The number of hydrogen-bond donors (Lipinski definition) is 1. The smallest absolute Gasteiger partial charge is 0.155 e. The first-order chi connectivity index (χ1) is 8.61. The maximum Gasteiger partial charge on any atom is 0.155 e. The van der Waals surface area contributed by atoms with E-state index in [0.717, 1.165) is 29.8 Å². The van der Waals surface area contributed by atoms with Gasteiger partial charge in [0.15, 0.2) is 5.78 Å². The Morgan fingerprint density at radius 2 is 2.00 bits per heavy atom. The Morgan fingerprint density at radius 1 is 1.33 bits per heavy atom. The van der Waals surface area contributed by atoms with Crippen LogP contribution in [0.25, 0.3) is 0 Å². The molecule has 1 rings (SSSR count). The zero-order chi connectivity index (χ0) is 13.4. The van der Waals surface area contributed by atoms with Gasteiger partial charge in [-0.25, -0.2) is 0 Å². The standard InChI is InChI=1S/C16H19NO/c1-4-14-7-9-15(10-8-14)17-11-5-6-16(18)12-13(2)3/h1,7-10,12,17H,5-6,11H2,2-3H3. The van der Waals surface area contributed by atoms with Gasteiger partial charge in [0.05, 0.1) is 0 Å². The number of allylic oxidation sites excluding steroid dienone is 2. The van der Waals surface area contributed by atoms with Crippen LogP contribution in [0.4, 0.5) is 5.69 Å². The van der Waals surface area contributed by atoms with Crippen molar-refractivity contribution in [3.05, 3.63) is 41.5 Å². The first kappa shape index (κ1) is 14.1. The van der Waals surface area contributed by atoms with Crippen LogP contribution >= 0.6 is 0 Å². The average molecular weight is 241 g/mol. The van der Waals surface area contributed by atoms with Crippen molar-refractivity contribution in [2.24, 2.45) is 0 Å². The van der Waals surface area contributed by atoms with Crippen LogP contribution in [0.1, 0.15) is 32.3 Å². The fourth-order valence-corrected chi connectivity index (χ4v) is 1.57. The number of anilines is 1. The van der Waals surface area contributed by atoms with Crippen LogP contribution < -0.4 is 5.32 Å². The number of nitrogens with one attached hydrogen (secondary N) is 1. The molecule has 1 aromatic carbocycles. The van der Waals surface area contributed by atoms with Gasteiger partial charge in [-0.2, -0.15) is 0 Å². The normalized spacial score (nSPS) is 9.39. The minimum atomic E-state index is 0.194. The number of terminal acetylenes is 1. The largest absolute Gasteiger partial charge is 0.385 e. The van der Waals surface area contributed by atoms with Gasteiger partial charge >= 0.3 is 0 Å². The lowest BCUT2D eigenvalue weighted by Gasteiger charge is -2.05. The number of carbonyl (C=O) groups excluding carboxylic acids is 1. The van der Waals surface area contributed by atoms with E-state index in [1.165, 1.54) is 0 Å². The third kappa shape index (κ3) is 5.36. The van der Waals surface area contributed by atoms with E-state index >= 15 is 0 Å². The predicted octanol–water partition coefficient (Wildman–Crippen LogP) is 3.40. The third-order valence-electron chi connectivity index (χ3n) is 2.43. The molecule has 0 saturated carbocycles. The molecule has 0 aliphatic rings. The molecule has 2 heteroatoms. The summed E-state index contributed by atoms with van der Waals surface area (Å²) in [6.45, 7) is 4.66. The maximum absolute atomic E-state index is 11.4. The molecule has 94 valence electrons. The quantitative estimate of drug-likeness (QED) is 0.470. The lowest BCUT2D eigenvalue weighted by molar-refractivity contribution is -0.114. The van der Waals surface area contributed by atoms with Gasteiger partial charge in [0, 0.05) is 24.2 Å². The number of hydrogen-bond acceptors (Lipinski definition) is 2. The summed E-state index contributed by atoms with van der Waals surface area (Å²) in [6.07, 6.45) is 8.39. The molecule has 1 N–H and O–H groups in total. The van der Waals surface area contributed by atoms with Crippen molar-refractivity contribution in [1.29, 1.82) is 0 Å². The highest BCUT2D eigenvalue weighted by atomic mass is 16.1. The van der Waals surface area contributed by atoms with Crippen LogP contribution in [-0.4, -0.2) is 12.3 Å². The molecule has 0 saturated heterocycles. The van der Waals surface area contributed by atoms with Crippen molar-refractivity contribution in [2.75, 3.05) is 11.9 Å². The number of benzene rings is 1. The first-order valence-electron chi connectivity index (χ1n) is 6.10. The Bertz CT molecular complexity index is 459. The summed E-state index contributed by atoms with van der Waals surface area (Å²) in [4.78, 5) is 11.4. The lowest BCUT2D eigenvalue weighted by Crippen LogP contribution is -2.04. The Hall–Kier alpha value is -2.01. The summed E-state index contributed by atoms with van der Waals surface area (Å²) in [6, 6.07) is 7.70. The van der Waals surface area contributed by atoms with Gasteiger partial charge < -0.3 is 5.32 Å². The zero-order valence-corrected chi connectivity index (χ0v) is 11.0. The van der Waals surface area contributed by atoms with Crippen LogP contribution in [0.2, 0.25) is 0 Å².